The fraction of sp³-hybridized carbons (Fsp3) is 0.441. The zero-order valence-corrected chi connectivity index (χ0v) is 26.8. The maximum absolute atomic E-state index is 14.9. The molecule has 0 unspecified atom stereocenters. The van der Waals surface area contributed by atoms with Gasteiger partial charge in [-0.25, -0.2) is 19.2 Å². The first-order valence-electron chi connectivity index (χ1n) is 15.7. The Morgan fingerprint density at radius 1 is 1.15 bits per heavy atom. The second kappa shape index (κ2) is 12.4. The summed E-state index contributed by atoms with van der Waals surface area (Å²) in [5.74, 6) is 0.0259. The molecule has 4 aromatic rings. The molecule has 0 bridgehead atoms. The Bertz CT molecular complexity index is 1760. The molecular formula is C34H36ClFN4O6. The normalized spacial score (nSPS) is 21.4. The summed E-state index contributed by atoms with van der Waals surface area (Å²) in [5, 5.41) is 0.319. The summed E-state index contributed by atoms with van der Waals surface area (Å²) in [6, 6.07) is 10.4. The number of para-hydroxylation sites is 1. The van der Waals surface area contributed by atoms with Crippen LogP contribution in [0.4, 0.5) is 4.39 Å². The molecule has 0 radical (unpaired) electrons. The minimum Gasteiger partial charge on any atom is -0.459 e. The number of carbonyl (C=O) groups excluding carboxylic acids is 1. The van der Waals surface area contributed by atoms with E-state index in [4.69, 9.17) is 39.9 Å². The minimum atomic E-state index is -1.29. The largest absolute Gasteiger partial charge is 0.459 e. The van der Waals surface area contributed by atoms with Gasteiger partial charge in [0.2, 0.25) is 0 Å². The molecule has 2 atom stereocenters. The van der Waals surface area contributed by atoms with Crippen LogP contribution in [0.1, 0.15) is 72.4 Å². The summed E-state index contributed by atoms with van der Waals surface area (Å²) < 4.78 is 45.9. The summed E-state index contributed by atoms with van der Waals surface area (Å²) in [5.41, 5.74) is 3.54. The van der Waals surface area contributed by atoms with Crippen molar-refractivity contribution in [3.63, 3.8) is 0 Å². The van der Waals surface area contributed by atoms with E-state index in [1.54, 1.807) is 26.0 Å². The first-order valence-corrected chi connectivity index (χ1v) is 16.1. The number of esters is 1. The van der Waals surface area contributed by atoms with Gasteiger partial charge in [0, 0.05) is 24.1 Å². The molecule has 3 aliphatic rings. The highest BCUT2D eigenvalue weighted by Crippen LogP contribution is 2.50. The van der Waals surface area contributed by atoms with Crippen LogP contribution in [0.5, 0.6) is 11.5 Å². The van der Waals surface area contributed by atoms with Gasteiger partial charge in [-0.05, 0) is 76.4 Å². The average molecular weight is 651 g/mol. The lowest BCUT2D eigenvalue weighted by Gasteiger charge is -2.33. The van der Waals surface area contributed by atoms with Crippen molar-refractivity contribution in [3.8, 4) is 22.9 Å². The summed E-state index contributed by atoms with van der Waals surface area (Å²) >= 11 is 5.99. The van der Waals surface area contributed by atoms with Gasteiger partial charge in [0.25, 0.3) is 5.79 Å². The molecule has 10 nitrogen and oxygen atoms in total. The molecule has 242 valence electrons. The van der Waals surface area contributed by atoms with Crippen LogP contribution in [0.15, 0.2) is 47.1 Å². The van der Waals surface area contributed by atoms with E-state index in [1.807, 2.05) is 19.1 Å². The number of rotatable bonds is 9. The molecule has 3 aliphatic heterocycles. The molecule has 2 fully saturated rings. The van der Waals surface area contributed by atoms with Crippen LogP contribution in [0.25, 0.3) is 11.4 Å². The predicted molar refractivity (Wildman–Crippen MR) is 166 cm³/mol. The Balaban J connectivity index is 1.07. The Morgan fingerprint density at radius 3 is 2.67 bits per heavy atom. The van der Waals surface area contributed by atoms with Gasteiger partial charge < -0.3 is 27.9 Å². The quantitative estimate of drug-likeness (QED) is 0.185. The number of halogens is 2. The maximum atomic E-state index is 14.9. The lowest BCUT2D eigenvalue weighted by molar-refractivity contribution is -0.0712. The number of hydrogen-bond donors (Lipinski definition) is 0. The second-order valence-corrected chi connectivity index (χ2v) is 12.5. The van der Waals surface area contributed by atoms with Crippen molar-refractivity contribution < 1.29 is 32.5 Å². The number of carbonyl (C=O) groups is 1. The zero-order chi connectivity index (χ0) is 32.0. The smallest absolute Gasteiger partial charge is 0.394 e. The van der Waals surface area contributed by atoms with Crippen LogP contribution in [-0.4, -0.2) is 57.8 Å². The van der Waals surface area contributed by atoms with Crippen LogP contribution >= 0.6 is 11.6 Å². The van der Waals surface area contributed by atoms with Gasteiger partial charge in [-0.15, -0.1) is 0 Å². The first kappa shape index (κ1) is 30.7. The third-order valence-corrected chi connectivity index (χ3v) is 9.26. The van der Waals surface area contributed by atoms with E-state index in [-0.39, 0.29) is 24.5 Å². The number of piperidine rings is 1. The summed E-state index contributed by atoms with van der Waals surface area (Å²) in [6.07, 6.45) is 4.39. The zero-order valence-electron chi connectivity index (χ0n) is 26.1. The van der Waals surface area contributed by atoms with Gasteiger partial charge in [-0.2, -0.15) is 0 Å². The van der Waals surface area contributed by atoms with Crippen molar-refractivity contribution in [1.82, 2.24) is 19.4 Å². The van der Waals surface area contributed by atoms with E-state index < -0.39 is 17.6 Å². The number of likely N-dealkylation sites (tertiary alicyclic amines) is 1. The second-order valence-electron chi connectivity index (χ2n) is 12.1. The molecule has 2 aromatic carbocycles. The Labute approximate surface area is 271 Å². The Kier molecular flexibility index (Phi) is 8.25. The highest BCUT2D eigenvalue weighted by atomic mass is 35.5. The maximum Gasteiger partial charge on any atom is 0.394 e. The molecule has 5 heterocycles. The number of nitrogens with zero attached hydrogens (tertiary/aromatic N) is 4. The molecule has 0 spiro atoms. The fourth-order valence-corrected chi connectivity index (χ4v) is 6.77. The predicted octanol–water partition coefficient (Wildman–Crippen LogP) is 6.63. The first-order chi connectivity index (χ1) is 22.2. The molecule has 7 rings (SSSR count). The fourth-order valence-electron chi connectivity index (χ4n) is 6.61. The molecule has 0 amide bonds. The standard InChI is InChI=1S/C34H36ClFN4O6/c1-4-42-33(41)32-38-27(19-44-32)30-20(2)37-29(40(30)17-23-12-15-43-23)18-39-13-10-21(11-14-39)24-6-5-7-28-31(24)46-34(3,45-28)25-9-8-22(35)16-26(25)36/h5-9,16,19,21,23H,4,10-15,17-18H2,1-3H3/t23-,34-/m0/s1. The van der Waals surface area contributed by atoms with Gasteiger partial charge in [0.05, 0.1) is 42.8 Å². The number of fused-ring (bicyclic) bond motifs is 1. The third-order valence-electron chi connectivity index (χ3n) is 9.02. The number of imidazole rings is 1. The van der Waals surface area contributed by atoms with Crippen molar-refractivity contribution in [2.45, 2.75) is 70.9 Å². The molecule has 0 aliphatic carbocycles. The van der Waals surface area contributed by atoms with E-state index in [9.17, 15) is 9.18 Å². The minimum absolute atomic E-state index is 0.0760. The van der Waals surface area contributed by atoms with Crippen molar-refractivity contribution >= 4 is 17.6 Å². The molecular weight excluding hydrogens is 615 g/mol. The van der Waals surface area contributed by atoms with E-state index >= 15 is 0 Å². The average Bonchev–Trinajstić information content (AvgIpc) is 3.70. The molecule has 0 N–H and O–H groups in total. The van der Waals surface area contributed by atoms with E-state index in [0.29, 0.717) is 40.9 Å². The topological polar surface area (TPSA) is 101 Å². The lowest BCUT2D eigenvalue weighted by atomic mass is 9.88. The van der Waals surface area contributed by atoms with Crippen LogP contribution < -0.4 is 9.47 Å². The van der Waals surface area contributed by atoms with Crippen molar-refractivity contribution in [2.75, 3.05) is 26.3 Å². The SMILES string of the molecule is CCOC(=O)c1nc(-c2c(C)nc(CN3CCC(c4cccc5c4O[C@@](C)(c4ccc(Cl)cc4F)O5)CC3)n2C[C@@H]2CCO2)co1. The number of hydrogen-bond acceptors (Lipinski definition) is 9. The molecule has 46 heavy (non-hydrogen) atoms. The van der Waals surface area contributed by atoms with Crippen LogP contribution in [-0.2, 0) is 28.4 Å². The number of benzene rings is 2. The van der Waals surface area contributed by atoms with Gasteiger partial charge in [-0.1, -0.05) is 23.7 Å². The van der Waals surface area contributed by atoms with Crippen molar-refractivity contribution in [1.29, 1.82) is 0 Å². The lowest BCUT2D eigenvalue weighted by Crippen LogP contribution is -2.35. The van der Waals surface area contributed by atoms with E-state index in [2.05, 4.69) is 20.5 Å². The third kappa shape index (κ3) is 5.76. The van der Waals surface area contributed by atoms with Crippen LogP contribution in [0, 0.1) is 12.7 Å². The van der Waals surface area contributed by atoms with Crippen molar-refractivity contribution in [2.24, 2.45) is 0 Å². The summed E-state index contributed by atoms with van der Waals surface area (Å²) in [6.45, 7) is 9.42. The highest BCUT2D eigenvalue weighted by molar-refractivity contribution is 6.30. The van der Waals surface area contributed by atoms with Gasteiger partial charge in [0.1, 0.15) is 23.6 Å². The summed E-state index contributed by atoms with van der Waals surface area (Å²) in [4.78, 5) is 24.0. The van der Waals surface area contributed by atoms with Crippen molar-refractivity contribution in [3.05, 3.63) is 82.0 Å². The van der Waals surface area contributed by atoms with Gasteiger partial charge in [-0.3, -0.25) is 4.90 Å². The van der Waals surface area contributed by atoms with E-state index in [0.717, 1.165) is 61.7 Å². The number of oxazole rings is 1. The van der Waals surface area contributed by atoms with Gasteiger partial charge in [0.15, 0.2) is 11.5 Å². The number of aromatic nitrogens is 3. The monoisotopic (exact) mass is 650 g/mol. The molecule has 2 saturated heterocycles. The van der Waals surface area contributed by atoms with E-state index in [1.165, 1.54) is 12.3 Å². The van der Waals surface area contributed by atoms with Gasteiger partial charge >= 0.3 is 11.9 Å². The highest BCUT2D eigenvalue weighted by Gasteiger charge is 2.43. The molecule has 0 saturated carbocycles. The molecule has 12 heteroatoms. The van der Waals surface area contributed by atoms with Crippen LogP contribution in [0.3, 0.4) is 0 Å². The van der Waals surface area contributed by atoms with Crippen LogP contribution in [0.2, 0.25) is 5.02 Å². The molecule has 2 aromatic heterocycles. The Morgan fingerprint density at radius 2 is 1.96 bits per heavy atom. The number of ether oxygens (including phenoxy) is 4. The number of aryl methyl sites for hydroxylation is 1. The summed E-state index contributed by atoms with van der Waals surface area (Å²) in [7, 11) is 0. The Hall–Kier alpha value is -3.93.